The van der Waals surface area contributed by atoms with E-state index in [9.17, 15) is 18.5 Å². The summed E-state index contributed by atoms with van der Waals surface area (Å²) in [7, 11) is -3.63. The molecule has 0 saturated carbocycles. The molecular weight excluding hydrogens is 322 g/mol. The molecule has 23 heavy (non-hydrogen) atoms. The number of ether oxygens (including phenoxy) is 1. The Morgan fingerprint density at radius 2 is 2.04 bits per heavy atom. The Labute approximate surface area is 136 Å². The number of rotatable bonds is 11. The third kappa shape index (κ3) is 7.75. The number of unbranched alkanes of at least 4 members (excludes halogenated alkanes) is 2. The molecule has 0 aromatic heterocycles. The highest BCUT2D eigenvalue weighted by Gasteiger charge is 2.19. The van der Waals surface area contributed by atoms with Crippen LogP contribution in [0.25, 0.3) is 0 Å². The first kappa shape index (κ1) is 19.1. The van der Waals surface area contributed by atoms with Crippen molar-refractivity contribution in [2.75, 3.05) is 12.9 Å². The largest absolute Gasteiger partial charge is 0.484 e. The van der Waals surface area contributed by atoms with Crippen molar-refractivity contribution in [3.05, 3.63) is 47.0 Å². The lowest BCUT2D eigenvalue weighted by Crippen LogP contribution is -2.25. The van der Waals surface area contributed by atoms with Gasteiger partial charge in [-0.15, -0.1) is 6.58 Å². The maximum atomic E-state index is 11.3. The van der Waals surface area contributed by atoms with Gasteiger partial charge in [0.25, 0.3) is 10.1 Å². The molecule has 0 aliphatic heterocycles. The van der Waals surface area contributed by atoms with Gasteiger partial charge in [0.05, 0.1) is 11.2 Å². The monoisotopic (exact) mass is 343 g/mol. The zero-order chi connectivity index (χ0) is 17.3. The number of para-hydroxylation sites is 2. The van der Waals surface area contributed by atoms with E-state index in [-0.39, 0.29) is 18.0 Å². The molecule has 0 heterocycles. The van der Waals surface area contributed by atoms with Gasteiger partial charge in [-0.1, -0.05) is 24.6 Å². The Kier molecular flexibility index (Phi) is 7.70. The van der Waals surface area contributed by atoms with Crippen LogP contribution in [-0.2, 0) is 14.3 Å². The summed E-state index contributed by atoms with van der Waals surface area (Å²) < 4.78 is 33.0. The molecule has 8 heteroatoms. The Hall–Kier alpha value is -1.93. The molecule has 1 rings (SSSR count). The second kappa shape index (κ2) is 9.26. The van der Waals surface area contributed by atoms with Crippen LogP contribution >= 0.6 is 0 Å². The van der Waals surface area contributed by atoms with E-state index in [2.05, 4.69) is 6.58 Å². The first-order chi connectivity index (χ1) is 10.8. The Balaban J connectivity index is 2.69. The maximum absolute atomic E-state index is 11.3. The second-order valence-corrected chi connectivity index (χ2v) is 6.63. The van der Waals surface area contributed by atoms with E-state index in [0.29, 0.717) is 6.42 Å². The van der Waals surface area contributed by atoms with E-state index < -0.39 is 21.1 Å². The number of hydrogen-bond acceptors (Lipinski definition) is 6. The molecule has 0 radical (unpaired) electrons. The fourth-order valence-electron chi connectivity index (χ4n) is 1.98. The normalized spacial score (nSPS) is 12.6. The van der Waals surface area contributed by atoms with Gasteiger partial charge in [-0.05, 0) is 25.3 Å². The molecule has 0 fully saturated rings. The van der Waals surface area contributed by atoms with Gasteiger partial charge in [-0.3, -0.25) is 14.3 Å². The molecule has 1 aromatic rings. The SMILES string of the molecule is C=CCCCCC(COc1ccccc1[N+](=O)[O-])OS(C)(=O)=O. The van der Waals surface area contributed by atoms with Crippen molar-refractivity contribution < 1.29 is 22.3 Å². The van der Waals surface area contributed by atoms with Crippen LogP contribution in [0, 0.1) is 10.1 Å². The van der Waals surface area contributed by atoms with Gasteiger partial charge in [-0.2, -0.15) is 8.42 Å². The van der Waals surface area contributed by atoms with E-state index >= 15 is 0 Å². The Bertz CT molecular complexity index is 629. The topological polar surface area (TPSA) is 95.7 Å². The van der Waals surface area contributed by atoms with E-state index in [1.807, 2.05) is 0 Å². The highest BCUT2D eigenvalue weighted by atomic mass is 32.2. The van der Waals surface area contributed by atoms with Crippen LogP contribution in [-0.4, -0.2) is 32.3 Å². The predicted octanol–water partition coefficient (Wildman–Crippen LogP) is 3.06. The smallest absolute Gasteiger partial charge is 0.310 e. The summed E-state index contributed by atoms with van der Waals surface area (Å²) in [5.41, 5.74) is -0.169. The highest BCUT2D eigenvalue weighted by Crippen LogP contribution is 2.26. The molecule has 0 bridgehead atoms. The summed E-state index contributed by atoms with van der Waals surface area (Å²) >= 11 is 0. The van der Waals surface area contributed by atoms with Crippen molar-refractivity contribution in [3.8, 4) is 5.75 Å². The van der Waals surface area contributed by atoms with Crippen molar-refractivity contribution in [1.29, 1.82) is 0 Å². The van der Waals surface area contributed by atoms with Crippen LogP contribution in [0.15, 0.2) is 36.9 Å². The molecule has 0 aliphatic carbocycles. The lowest BCUT2D eigenvalue weighted by Gasteiger charge is -2.17. The van der Waals surface area contributed by atoms with Gasteiger partial charge in [0, 0.05) is 6.07 Å². The number of nitro benzene ring substituents is 1. The first-order valence-electron chi connectivity index (χ1n) is 7.19. The highest BCUT2D eigenvalue weighted by molar-refractivity contribution is 7.86. The van der Waals surface area contributed by atoms with Crippen LogP contribution in [0.5, 0.6) is 5.75 Å². The maximum Gasteiger partial charge on any atom is 0.310 e. The minimum absolute atomic E-state index is 0.0774. The summed E-state index contributed by atoms with van der Waals surface area (Å²) in [6.07, 6.45) is 4.98. The van der Waals surface area contributed by atoms with Gasteiger partial charge < -0.3 is 4.74 Å². The van der Waals surface area contributed by atoms with Crippen LogP contribution in [0.4, 0.5) is 5.69 Å². The fourth-order valence-corrected chi connectivity index (χ4v) is 2.63. The van der Waals surface area contributed by atoms with Crippen LogP contribution < -0.4 is 4.74 Å². The summed E-state index contributed by atoms with van der Waals surface area (Å²) in [4.78, 5) is 10.4. The van der Waals surface area contributed by atoms with Crippen molar-refractivity contribution >= 4 is 15.8 Å². The minimum Gasteiger partial charge on any atom is -0.484 e. The van der Waals surface area contributed by atoms with Crippen molar-refractivity contribution in [1.82, 2.24) is 0 Å². The summed E-state index contributed by atoms with van der Waals surface area (Å²) in [6, 6.07) is 5.93. The molecule has 1 aromatic carbocycles. The molecule has 0 aliphatic rings. The molecule has 0 N–H and O–H groups in total. The lowest BCUT2D eigenvalue weighted by molar-refractivity contribution is -0.385. The quantitative estimate of drug-likeness (QED) is 0.201. The molecule has 0 amide bonds. The average Bonchev–Trinajstić information content (AvgIpc) is 2.47. The predicted molar refractivity (Wildman–Crippen MR) is 87.0 cm³/mol. The molecule has 128 valence electrons. The molecule has 7 nitrogen and oxygen atoms in total. The van der Waals surface area contributed by atoms with Crippen LogP contribution in [0.3, 0.4) is 0 Å². The van der Waals surface area contributed by atoms with Crippen molar-refractivity contribution in [2.45, 2.75) is 31.8 Å². The van der Waals surface area contributed by atoms with Gasteiger partial charge in [-0.25, -0.2) is 0 Å². The molecule has 1 unspecified atom stereocenters. The van der Waals surface area contributed by atoms with Gasteiger partial charge >= 0.3 is 5.69 Å². The standard InChI is InChI=1S/C15H21NO6S/c1-3-4-5-6-9-13(22-23(2,19)20)12-21-15-11-8-7-10-14(15)16(17)18/h3,7-8,10-11,13H,1,4-6,9,12H2,2H3. The molecule has 0 spiro atoms. The van der Waals surface area contributed by atoms with Gasteiger partial charge in [0.15, 0.2) is 5.75 Å². The van der Waals surface area contributed by atoms with E-state index in [1.54, 1.807) is 12.1 Å². The summed E-state index contributed by atoms with van der Waals surface area (Å²) in [5.74, 6) is 0.0886. The molecule has 1 atom stereocenters. The molecule has 0 saturated heterocycles. The van der Waals surface area contributed by atoms with Gasteiger partial charge in [0.2, 0.25) is 0 Å². The number of benzene rings is 1. The average molecular weight is 343 g/mol. The minimum atomic E-state index is -3.63. The lowest BCUT2D eigenvalue weighted by atomic mass is 10.1. The second-order valence-electron chi connectivity index (χ2n) is 5.03. The summed E-state index contributed by atoms with van der Waals surface area (Å²) in [5, 5.41) is 10.9. The van der Waals surface area contributed by atoms with Crippen LogP contribution in [0.2, 0.25) is 0 Å². The van der Waals surface area contributed by atoms with Crippen molar-refractivity contribution in [3.63, 3.8) is 0 Å². The molecular formula is C15H21NO6S. The fraction of sp³-hybridized carbons (Fsp3) is 0.467. The zero-order valence-electron chi connectivity index (χ0n) is 13.0. The zero-order valence-corrected chi connectivity index (χ0v) is 13.8. The van der Waals surface area contributed by atoms with E-state index in [1.165, 1.54) is 18.2 Å². The third-order valence-corrected chi connectivity index (χ3v) is 3.60. The van der Waals surface area contributed by atoms with Crippen LogP contribution in [0.1, 0.15) is 25.7 Å². The van der Waals surface area contributed by atoms with Crippen molar-refractivity contribution in [2.24, 2.45) is 0 Å². The summed E-state index contributed by atoms with van der Waals surface area (Å²) in [6.45, 7) is 3.55. The number of nitro groups is 1. The number of allylic oxidation sites excluding steroid dienone is 1. The Morgan fingerprint density at radius 3 is 2.65 bits per heavy atom. The van der Waals surface area contributed by atoms with Gasteiger partial charge in [0.1, 0.15) is 12.7 Å². The number of hydrogen-bond donors (Lipinski definition) is 0. The third-order valence-electron chi connectivity index (χ3n) is 2.98. The first-order valence-corrected chi connectivity index (χ1v) is 9.00. The van der Waals surface area contributed by atoms with E-state index in [0.717, 1.165) is 25.5 Å². The number of nitrogens with zero attached hydrogens (tertiary/aromatic N) is 1. The van der Waals surface area contributed by atoms with E-state index in [4.69, 9.17) is 8.92 Å². The Morgan fingerprint density at radius 1 is 1.35 bits per heavy atom.